The van der Waals surface area contributed by atoms with Gasteiger partial charge in [-0.3, -0.25) is 0 Å². The molecule has 0 radical (unpaired) electrons. The van der Waals surface area contributed by atoms with Crippen LogP contribution in [0.1, 0.15) is 83.6 Å². The van der Waals surface area contributed by atoms with Crippen molar-refractivity contribution in [3.05, 3.63) is 29.8 Å². The molecule has 0 spiro atoms. The fraction of sp³-hybridized carbons (Fsp3) is 0.750. The predicted octanol–water partition coefficient (Wildman–Crippen LogP) is 6.67. The van der Waals surface area contributed by atoms with E-state index < -0.39 is 10.1 Å². The highest BCUT2D eigenvalue weighted by Crippen LogP contribution is 2.13. The molecule has 0 aliphatic carbocycles. The molecule has 0 fully saturated rings. The highest BCUT2D eigenvalue weighted by Gasteiger charge is 2.19. The lowest BCUT2D eigenvalue weighted by atomic mass is 10.1. The van der Waals surface area contributed by atoms with Gasteiger partial charge in [-0.15, -0.1) is 0 Å². The lowest BCUT2D eigenvalue weighted by Gasteiger charge is -2.34. The maximum Gasteiger partial charge on any atom is 0.124 e. The summed E-state index contributed by atoms with van der Waals surface area (Å²) in [6.07, 6.45) is 14.1. The van der Waals surface area contributed by atoms with Gasteiger partial charge in [0.2, 0.25) is 0 Å². The smallest absolute Gasteiger partial charge is 0.124 e. The molecule has 1 aromatic carbocycles. The number of unbranched alkanes of at least 4 members (excludes halogenated alkanes) is 8. The Kier molecular flexibility index (Phi) is 16.9. The second-order valence-electron chi connectivity index (χ2n) is 8.57. The van der Waals surface area contributed by atoms with Crippen molar-refractivity contribution < 1.29 is 17.5 Å². The van der Waals surface area contributed by atoms with E-state index in [4.69, 9.17) is 0 Å². The lowest BCUT2D eigenvalue weighted by molar-refractivity contribution is -0.907. The summed E-state index contributed by atoms with van der Waals surface area (Å²) in [7, 11) is -1.81. The van der Waals surface area contributed by atoms with E-state index in [9.17, 15) is 13.0 Å². The number of hydrogen-bond donors (Lipinski definition) is 0. The average molecular weight is 507 g/mol. The molecule has 0 saturated heterocycles. The summed E-state index contributed by atoms with van der Waals surface area (Å²) >= 11 is 3.64. The van der Waals surface area contributed by atoms with Crippen molar-refractivity contribution in [3.63, 3.8) is 0 Å². The van der Waals surface area contributed by atoms with Crippen LogP contribution in [0.15, 0.2) is 29.2 Å². The third-order valence-corrected chi connectivity index (χ3v) is 6.74. The van der Waals surface area contributed by atoms with Crippen LogP contribution < -0.4 is 0 Å². The largest absolute Gasteiger partial charge is 0.744 e. The van der Waals surface area contributed by atoms with Crippen LogP contribution in [0.3, 0.4) is 0 Å². The van der Waals surface area contributed by atoms with Gasteiger partial charge in [0.15, 0.2) is 0 Å². The molecular weight excluding hydrogens is 462 g/mol. The zero-order valence-electron chi connectivity index (χ0n) is 19.7. The van der Waals surface area contributed by atoms with Crippen LogP contribution >= 0.6 is 15.9 Å². The number of nitrogens with zero attached hydrogens (tertiary/aromatic N) is 1. The fourth-order valence-electron chi connectivity index (χ4n) is 3.44. The summed E-state index contributed by atoms with van der Waals surface area (Å²) in [6, 6.07) is 5.78. The van der Waals surface area contributed by atoms with Crippen molar-refractivity contribution in [1.82, 2.24) is 0 Å². The summed E-state index contributed by atoms with van der Waals surface area (Å²) in [5.74, 6) is 0. The number of aryl methyl sites for hydroxylation is 1. The van der Waals surface area contributed by atoms with E-state index in [-0.39, 0.29) is 4.90 Å². The van der Waals surface area contributed by atoms with Crippen molar-refractivity contribution in [2.45, 2.75) is 89.9 Å². The molecule has 0 amide bonds. The average Bonchev–Trinajstić information content (AvgIpc) is 2.68. The SMILES string of the molecule is CCCCCCC[N+](C)(CCBr)CCCCCCC.Cc1ccc(S(=O)(=O)[O-])cc1. The molecule has 1 aromatic rings. The van der Waals surface area contributed by atoms with Crippen molar-refractivity contribution in [3.8, 4) is 0 Å². The first-order valence-corrected chi connectivity index (χ1v) is 14.1. The Balaban J connectivity index is 0.000000642. The van der Waals surface area contributed by atoms with Crippen LogP contribution in [0.4, 0.5) is 0 Å². The number of quaternary nitrogens is 1. The van der Waals surface area contributed by atoms with E-state index in [1.165, 1.54) is 100 Å². The Hall–Kier alpha value is -0.430. The maximum atomic E-state index is 10.4. The lowest BCUT2D eigenvalue weighted by Crippen LogP contribution is -2.46. The van der Waals surface area contributed by atoms with Gasteiger partial charge in [0.25, 0.3) is 0 Å². The van der Waals surface area contributed by atoms with Gasteiger partial charge in [-0.25, -0.2) is 8.42 Å². The Morgan fingerprint density at radius 1 is 0.800 bits per heavy atom. The zero-order valence-corrected chi connectivity index (χ0v) is 22.1. The van der Waals surface area contributed by atoms with Crippen LogP contribution in [-0.4, -0.2) is 49.5 Å². The van der Waals surface area contributed by atoms with Crippen LogP contribution in [0, 0.1) is 6.92 Å². The molecule has 0 saturated carbocycles. The first-order valence-electron chi connectivity index (χ1n) is 11.6. The summed E-state index contributed by atoms with van der Waals surface area (Å²) in [5.41, 5.74) is 0.928. The van der Waals surface area contributed by atoms with E-state index >= 15 is 0 Å². The first kappa shape index (κ1) is 29.6. The van der Waals surface area contributed by atoms with Gasteiger partial charge in [-0.1, -0.05) is 86.0 Å². The van der Waals surface area contributed by atoms with Gasteiger partial charge in [-0.05, 0) is 44.7 Å². The molecule has 0 aliphatic rings. The van der Waals surface area contributed by atoms with E-state index in [0.717, 1.165) is 10.9 Å². The monoisotopic (exact) mass is 505 g/mol. The molecule has 0 bridgehead atoms. The van der Waals surface area contributed by atoms with Gasteiger partial charge < -0.3 is 9.04 Å². The topological polar surface area (TPSA) is 57.2 Å². The van der Waals surface area contributed by atoms with Crippen LogP contribution in [0.25, 0.3) is 0 Å². The molecule has 0 aromatic heterocycles. The normalized spacial score (nSPS) is 11.8. The third kappa shape index (κ3) is 15.4. The van der Waals surface area contributed by atoms with Crippen LogP contribution in [-0.2, 0) is 10.1 Å². The minimum absolute atomic E-state index is 0.178. The van der Waals surface area contributed by atoms with E-state index in [1.807, 2.05) is 6.92 Å². The number of rotatable bonds is 15. The molecule has 4 nitrogen and oxygen atoms in total. The maximum absolute atomic E-state index is 10.4. The highest BCUT2D eigenvalue weighted by molar-refractivity contribution is 9.09. The van der Waals surface area contributed by atoms with E-state index in [0.29, 0.717) is 0 Å². The van der Waals surface area contributed by atoms with Crippen molar-refractivity contribution in [2.24, 2.45) is 0 Å². The van der Waals surface area contributed by atoms with Crippen LogP contribution in [0.2, 0.25) is 0 Å². The Morgan fingerprint density at radius 2 is 1.23 bits per heavy atom. The fourth-order valence-corrected chi connectivity index (χ4v) is 4.76. The second kappa shape index (κ2) is 17.2. The second-order valence-corrected chi connectivity index (χ2v) is 10.7. The van der Waals surface area contributed by atoms with Crippen molar-refractivity contribution >= 4 is 26.0 Å². The number of halogens is 1. The summed E-state index contributed by atoms with van der Waals surface area (Å²) in [4.78, 5) is -0.178. The van der Waals surface area contributed by atoms with Gasteiger partial charge in [0.1, 0.15) is 10.1 Å². The predicted molar refractivity (Wildman–Crippen MR) is 131 cm³/mol. The Bertz CT molecular complexity index is 618. The number of hydrogen-bond acceptors (Lipinski definition) is 3. The van der Waals surface area contributed by atoms with Crippen LogP contribution in [0.5, 0.6) is 0 Å². The summed E-state index contributed by atoms with van der Waals surface area (Å²) < 4.78 is 32.4. The molecule has 1 rings (SSSR count). The highest BCUT2D eigenvalue weighted by atomic mass is 79.9. The van der Waals surface area contributed by atoms with Crippen molar-refractivity contribution in [1.29, 1.82) is 0 Å². The summed E-state index contributed by atoms with van der Waals surface area (Å²) in [5, 5.41) is 1.15. The summed E-state index contributed by atoms with van der Waals surface area (Å²) in [6.45, 7) is 10.5. The quantitative estimate of drug-likeness (QED) is 0.116. The number of benzene rings is 1. The molecular formula is C24H44BrNO3S. The standard InChI is InChI=1S/C17H37BrN.C7H8O3S/c1-4-6-8-10-12-15-19(3,17-14-18)16-13-11-9-7-5-2;1-6-2-4-7(5-3-6)11(8,9)10/h4-17H2,1-3H3;2-5H,1H3,(H,8,9,10)/q+1;/p-1. The molecule has 0 unspecified atom stereocenters. The molecule has 0 N–H and O–H groups in total. The van der Waals surface area contributed by atoms with Gasteiger partial charge in [0, 0.05) is 0 Å². The zero-order chi connectivity index (χ0) is 22.9. The molecule has 0 aliphatic heterocycles. The molecule has 0 atom stereocenters. The van der Waals surface area contributed by atoms with Crippen molar-refractivity contribution in [2.75, 3.05) is 32.0 Å². The first-order chi connectivity index (χ1) is 14.2. The van der Waals surface area contributed by atoms with Gasteiger partial charge in [0.05, 0.1) is 36.9 Å². The minimum Gasteiger partial charge on any atom is -0.744 e. The molecule has 176 valence electrons. The van der Waals surface area contributed by atoms with Gasteiger partial charge in [-0.2, -0.15) is 0 Å². The van der Waals surface area contributed by atoms with E-state index in [1.54, 1.807) is 12.1 Å². The molecule has 30 heavy (non-hydrogen) atoms. The third-order valence-electron chi connectivity index (χ3n) is 5.54. The Labute approximate surface area is 194 Å². The Morgan fingerprint density at radius 3 is 1.60 bits per heavy atom. The van der Waals surface area contributed by atoms with Gasteiger partial charge >= 0.3 is 0 Å². The molecule has 0 heterocycles. The molecule has 6 heteroatoms. The number of alkyl halides is 1. The minimum atomic E-state index is -4.27. The van der Waals surface area contributed by atoms with E-state index in [2.05, 4.69) is 36.8 Å².